The van der Waals surface area contributed by atoms with E-state index in [1.54, 1.807) is 12.0 Å². The largest absolute Gasteiger partial charge is 0.493 e. The standard InChI is InChI=1S/C25H31N3O4/c1-3-4-17-32-22-12-11-20(18-23(22)31-2)19-27-24(29)13-14-25(30)28(16-8-15-26)21-9-6-5-7-10-21/h5-7,9-12,18H,3-4,8,13-14,16-17,19H2,1-2H3,(H,27,29). The molecule has 0 aliphatic rings. The summed E-state index contributed by atoms with van der Waals surface area (Å²) in [4.78, 5) is 26.5. The number of amides is 2. The van der Waals surface area contributed by atoms with Crippen LogP contribution >= 0.6 is 0 Å². The van der Waals surface area contributed by atoms with Crippen molar-refractivity contribution in [2.75, 3.05) is 25.2 Å². The minimum atomic E-state index is -0.214. The van der Waals surface area contributed by atoms with Crippen LogP contribution in [0.3, 0.4) is 0 Å². The van der Waals surface area contributed by atoms with E-state index < -0.39 is 0 Å². The molecule has 0 atom stereocenters. The fourth-order valence-corrected chi connectivity index (χ4v) is 3.08. The topological polar surface area (TPSA) is 91.7 Å². The van der Waals surface area contributed by atoms with Gasteiger partial charge in [-0.15, -0.1) is 0 Å². The van der Waals surface area contributed by atoms with Gasteiger partial charge in [0.2, 0.25) is 11.8 Å². The van der Waals surface area contributed by atoms with Crippen molar-refractivity contribution < 1.29 is 19.1 Å². The quantitative estimate of drug-likeness (QED) is 0.474. The number of methoxy groups -OCH3 is 1. The van der Waals surface area contributed by atoms with Gasteiger partial charge in [-0.05, 0) is 36.2 Å². The molecule has 0 fully saturated rings. The van der Waals surface area contributed by atoms with Gasteiger partial charge in [-0.1, -0.05) is 37.6 Å². The average Bonchev–Trinajstić information content (AvgIpc) is 2.83. The Morgan fingerprint density at radius 1 is 1.09 bits per heavy atom. The van der Waals surface area contributed by atoms with E-state index in [-0.39, 0.29) is 31.1 Å². The van der Waals surface area contributed by atoms with Gasteiger partial charge in [0, 0.05) is 31.6 Å². The Balaban J connectivity index is 1.86. The highest BCUT2D eigenvalue weighted by molar-refractivity contribution is 5.95. The van der Waals surface area contributed by atoms with E-state index in [1.165, 1.54) is 0 Å². The Morgan fingerprint density at radius 2 is 1.88 bits per heavy atom. The average molecular weight is 438 g/mol. The molecule has 32 heavy (non-hydrogen) atoms. The van der Waals surface area contributed by atoms with E-state index in [0.29, 0.717) is 31.2 Å². The van der Waals surface area contributed by atoms with Gasteiger partial charge in [0.1, 0.15) is 0 Å². The molecule has 1 N–H and O–H groups in total. The normalized spacial score (nSPS) is 10.2. The lowest BCUT2D eigenvalue weighted by Crippen LogP contribution is -2.33. The Morgan fingerprint density at radius 3 is 2.56 bits per heavy atom. The molecule has 2 rings (SSSR count). The van der Waals surface area contributed by atoms with Crippen molar-refractivity contribution in [2.24, 2.45) is 0 Å². The molecule has 0 unspecified atom stereocenters. The molecule has 170 valence electrons. The lowest BCUT2D eigenvalue weighted by Gasteiger charge is -2.21. The molecule has 0 spiro atoms. The molecular formula is C25H31N3O4. The minimum absolute atomic E-state index is 0.0691. The fraction of sp³-hybridized carbons (Fsp3) is 0.400. The first-order valence-corrected chi connectivity index (χ1v) is 10.9. The Hall–Kier alpha value is -3.53. The molecule has 2 amide bonds. The van der Waals surface area contributed by atoms with E-state index in [0.717, 1.165) is 24.1 Å². The van der Waals surface area contributed by atoms with Crippen molar-refractivity contribution in [3.05, 3.63) is 54.1 Å². The van der Waals surface area contributed by atoms with Crippen molar-refractivity contribution in [1.82, 2.24) is 5.32 Å². The number of carbonyl (C=O) groups excluding carboxylic acids is 2. The molecule has 0 bridgehead atoms. The smallest absolute Gasteiger partial charge is 0.227 e. The fourth-order valence-electron chi connectivity index (χ4n) is 3.08. The number of benzene rings is 2. The molecule has 2 aromatic carbocycles. The first-order chi connectivity index (χ1) is 15.6. The lowest BCUT2D eigenvalue weighted by atomic mass is 10.2. The number of anilines is 1. The van der Waals surface area contributed by atoms with Crippen LogP contribution in [0.5, 0.6) is 11.5 Å². The first kappa shape index (κ1) is 24.7. The number of unbranched alkanes of at least 4 members (excludes halogenated alkanes) is 1. The number of hydrogen-bond donors (Lipinski definition) is 1. The van der Waals surface area contributed by atoms with Gasteiger partial charge in [0.05, 0.1) is 26.2 Å². The summed E-state index contributed by atoms with van der Waals surface area (Å²) in [6.45, 7) is 3.36. The number of nitriles is 1. The minimum Gasteiger partial charge on any atom is -0.493 e. The molecule has 7 nitrogen and oxygen atoms in total. The van der Waals surface area contributed by atoms with E-state index in [1.807, 2.05) is 48.5 Å². The van der Waals surface area contributed by atoms with Gasteiger partial charge >= 0.3 is 0 Å². The maximum Gasteiger partial charge on any atom is 0.227 e. The molecular weight excluding hydrogens is 406 g/mol. The van der Waals surface area contributed by atoms with Gasteiger partial charge in [-0.2, -0.15) is 5.26 Å². The summed E-state index contributed by atoms with van der Waals surface area (Å²) in [7, 11) is 1.58. The third kappa shape index (κ3) is 7.95. The number of nitrogens with one attached hydrogen (secondary N) is 1. The van der Waals surface area contributed by atoms with Crippen molar-refractivity contribution in [2.45, 2.75) is 45.6 Å². The zero-order valence-electron chi connectivity index (χ0n) is 18.8. The number of ether oxygens (including phenoxy) is 2. The zero-order chi connectivity index (χ0) is 23.2. The molecule has 0 aromatic heterocycles. The highest BCUT2D eigenvalue weighted by Crippen LogP contribution is 2.28. The summed E-state index contributed by atoms with van der Waals surface area (Å²) in [6, 6.07) is 16.8. The van der Waals surface area contributed by atoms with Crippen molar-refractivity contribution in [3.8, 4) is 17.6 Å². The Kier molecular flexibility index (Phi) is 10.6. The second-order valence-electron chi connectivity index (χ2n) is 7.25. The Bertz CT molecular complexity index is 909. The summed E-state index contributed by atoms with van der Waals surface area (Å²) < 4.78 is 11.1. The monoisotopic (exact) mass is 437 g/mol. The molecule has 0 aliphatic carbocycles. The van der Waals surface area contributed by atoms with E-state index in [2.05, 4.69) is 18.3 Å². The summed E-state index contributed by atoms with van der Waals surface area (Å²) >= 11 is 0. The van der Waals surface area contributed by atoms with Crippen LogP contribution in [0, 0.1) is 11.3 Å². The molecule has 0 saturated heterocycles. The predicted octanol–water partition coefficient (Wildman–Crippen LogP) is 4.22. The van der Waals surface area contributed by atoms with Crippen LogP contribution in [0.25, 0.3) is 0 Å². The number of nitrogens with zero attached hydrogens (tertiary/aromatic N) is 2. The molecule has 0 aliphatic heterocycles. The maximum atomic E-state index is 12.7. The van der Waals surface area contributed by atoms with Crippen LogP contribution in [0.2, 0.25) is 0 Å². The van der Waals surface area contributed by atoms with Crippen LogP contribution in [-0.2, 0) is 16.1 Å². The Labute approximate surface area is 189 Å². The van der Waals surface area contributed by atoms with Gasteiger partial charge in [0.25, 0.3) is 0 Å². The SMILES string of the molecule is CCCCOc1ccc(CNC(=O)CCC(=O)N(CCC#N)c2ccccc2)cc1OC. The van der Waals surface area contributed by atoms with Crippen molar-refractivity contribution in [3.63, 3.8) is 0 Å². The molecule has 0 saturated carbocycles. The zero-order valence-corrected chi connectivity index (χ0v) is 18.8. The highest BCUT2D eigenvalue weighted by atomic mass is 16.5. The van der Waals surface area contributed by atoms with E-state index in [9.17, 15) is 9.59 Å². The molecule has 7 heteroatoms. The maximum absolute atomic E-state index is 12.7. The summed E-state index contributed by atoms with van der Waals surface area (Å²) in [5.41, 5.74) is 1.60. The van der Waals surface area contributed by atoms with Gasteiger partial charge in [-0.3, -0.25) is 9.59 Å². The third-order valence-corrected chi connectivity index (χ3v) is 4.86. The van der Waals surface area contributed by atoms with Gasteiger partial charge in [-0.25, -0.2) is 0 Å². The van der Waals surface area contributed by atoms with Gasteiger partial charge < -0.3 is 19.7 Å². The second kappa shape index (κ2) is 13.7. The highest BCUT2D eigenvalue weighted by Gasteiger charge is 2.16. The summed E-state index contributed by atoms with van der Waals surface area (Å²) in [5, 5.41) is 11.7. The van der Waals surface area contributed by atoms with Crippen LogP contribution < -0.4 is 19.7 Å². The summed E-state index contributed by atoms with van der Waals surface area (Å²) in [6.07, 6.45) is 2.39. The first-order valence-electron chi connectivity index (χ1n) is 10.9. The molecule has 0 radical (unpaired) electrons. The number of carbonyl (C=O) groups is 2. The van der Waals surface area contributed by atoms with E-state index >= 15 is 0 Å². The predicted molar refractivity (Wildman–Crippen MR) is 124 cm³/mol. The second-order valence-corrected chi connectivity index (χ2v) is 7.25. The van der Waals surface area contributed by atoms with Crippen LogP contribution in [0.4, 0.5) is 5.69 Å². The molecule has 2 aromatic rings. The van der Waals surface area contributed by atoms with Crippen molar-refractivity contribution >= 4 is 17.5 Å². The number of rotatable bonds is 13. The van der Waals surface area contributed by atoms with Gasteiger partial charge in [0.15, 0.2) is 11.5 Å². The number of para-hydroxylation sites is 1. The van der Waals surface area contributed by atoms with Crippen molar-refractivity contribution in [1.29, 1.82) is 5.26 Å². The summed E-state index contributed by atoms with van der Waals surface area (Å²) in [5.74, 6) is 0.907. The third-order valence-electron chi connectivity index (χ3n) is 4.86. The lowest BCUT2D eigenvalue weighted by molar-refractivity contribution is -0.125. The number of hydrogen-bond acceptors (Lipinski definition) is 5. The molecule has 0 heterocycles. The van der Waals surface area contributed by atoms with Crippen LogP contribution in [0.15, 0.2) is 48.5 Å². The van der Waals surface area contributed by atoms with Crippen LogP contribution in [0.1, 0.15) is 44.6 Å². The van der Waals surface area contributed by atoms with Crippen LogP contribution in [-0.4, -0.2) is 32.1 Å². The van der Waals surface area contributed by atoms with E-state index in [4.69, 9.17) is 14.7 Å².